The fourth-order valence-electron chi connectivity index (χ4n) is 4.43. The Bertz CT molecular complexity index is 1370. The number of sulfonamides is 1. The molecule has 0 saturated carbocycles. The molecule has 1 amide bonds. The number of nitrogens with one attached hydrogen (secondary N) is 1. The number of rotatable bonds is 5. The van der Waals surface area contributed by atoms with Crippen molar-refractivity contribution in [2.75, 3.05) is 18.4 Å². The average Bonchev–Trinajstić information content (AvgIpc) is 2.81. The molecule has 0 bridgehead atoms. The van der Waals surface area contributed by atoms with Crippen LogP contribution in [0.1, 0.15) is 45.8 Å². The van der Waals surface area contributed by atoms with Gasteiger partial charge in [0.25, 0.3) is 15.9 Å². The number of aromatic nitrogens is 1. The molecule has 3 aromatic rings. The minimum atomic E-state index is -4.10. The van der Waals surface area contributed by atoms with Gasteiger partial charge in [-0.1, -0.05) is 23.7 Å². The Balaban J connectivity index is 1.63. The van der Waals surface area contributed by atoms with Crippen molar-refractivity contribution >= 4 is 38.9 Å². The van der Waals surface area contributed by atoms with Gasteiger partial charge in [-0.3, -0.25) is 4.79 Å². The van der Waals surface area contributed by atoms with Crippen LogP contribution < -0.4 is 10.5 Å². The molecule has 1 aliphatic heterocycles. The van der Waals surface area contributed by atoms with E-state index in [2.05, 4.69) is 10.3 Å². The molecule has 3 N–H and O–H groups in total. The van der Waals surface area contributed by atoms with Crippen molar-refractivity contribution in [2.24, 2.45) is 5.14 Å². The van der Waals surface area contributed by atoms with Gasteiger partial charge in [-0.05, 0) is 74.1 Å². The number of anilines is 2. The molecule has 1 aliphatic rings. The summed E-state index contributed by atoms with van der Waals surface area (Å²) in [4.78, 5) is 19.3. The Hall–Kier alpha value is -3.01. The van der Waals surface area contributed by atoms with E-state index in [0.717, 1.165) is 24.0 Å². The summed E-state index contributed by atoms with van der Waals surface area (Å²) in [6.07, 6.45) is 2.73. The average molecular weight is 517 g/mol. The molecule has 0 radical (unpaired) electrons. The number of carbonyl (C=O) groups excluding carboxylic acids is 1. The number of primary sulfonamides is 1. The van der Waals surface area contributed by atoms with Crippen LogP contribution in [0, 0.1) is 19.7 Å². The molecule has 1 fully saturated rings. The van der Waals surface area contributed by atoms with E-state index >= 15 is 0 Å². The number of likely N-dealkylation sites (tertiary alicyclic amines) is 1. The van der Waals surface area contributed by atoms with E-state index in [1.165, 1.54) is 18.3 Å². The third-order valence-electron chi connectivity index (χ3n) is 6.35. The Morgan fingerprint density at radius 2 is 1.80 bits per heavy atom. The lowest BCUT2D eigenvalue weighted by Gasteiger charge is -2.33. The number of benzene rings is 2. The van der Waals surface area contributed by atoms with Crippen LogP contribution in [0.5, 0.6) is 0 Å². The molecular weight excluding hydrogens is 491 g/mol. The smallest absolute Gasteiger partial charge is 0.257 e. The van der Waals surface area contributed by atoms with Crippen LogP contribution in [0.3, 0.4) is 0 Å². The van der Waals surface area contributed by atoms with Crippen molar-refractivity contribution in [1.29, 1.82) is 0 Å². The zero-order valence-electron chi connectivity index (χ0n) is 19.4. The molecule has 35 heavy (non-hydrogen) atoms. The van der Waals surface area contributed by atoms with Crippen LogP contribution in [-0.2, 0) is 10.0 Å². The van der Waals surface area contributed by atoms with Crippen molar-refractivity contribution in [3.05, 3.63) is 81.8 Å². The van der Waals surface area contributed by atoms with Crippen LogP contribution >= 0.6 is 11.6 Å². The number of hydrogen-bond donors (Lipinski definition) is 2. The van der Waals surface area contributed by atoms with Crippen LogP contribution in [0.25, 0.3) is 0 Å². The van der Waals surface area contributed by atoms with Crippen LogP contribution in [-0.4, -0.2) is 37.3 Å². The second kappa shape index (κ2) is 9.93. The molecule has 2 heterocycles. The van der Waals surface area contributed by atoms with Crippen LogP contribution in [0.15, 0.2) is 53.7 Å². The fraction of sp³-hybridized carbons (Fsp3) is 0.280. The maximum Gasteiger partial charge on any atom is 0.257 e. The summed E-state index contributed by atoms with van der Waals surface area (Å²) in [5.74, 6) is -0.296. The number of aryl methyl sites for hydroxylation is 1. The highest BCUT2D eigenvalue weighted by atomic mass is 35.5. The van der Waals surface area contributed by atoms with Gasteiger partial charge in [0, 0.05) is 35.6 Å². The molecule has 4 rings (SSSR count). The van der Waals surface area contributed by atoms with E-state index in [1.54, 1.807) is 42.2 Å². The van der Waals surface area contributed by atoms with Crippen molar-refractivity contribution < 1.29 is 17.6 Å². The van der Waals surface area contributed by atoms with E-state index in [-0.39, 0.29) is 33.8 Å². The number of nitrogens with two attached hydrogens (primary N) is 1. The number of nitrogens with zero attached hydrogens (tertiary/aromatic N) is 2. The number of pyridine rings is 1. The lowest BCUT2D eigenvalue weighted by atomic mass is 9.89. The molecule has 0 spiro atoms. The predicted molar refractivity (Wildman–Crippen MR) is 134 cm³/mol. The molecule has 1 aromatic heterocycles. The Morgan fingerprint density at radius 1 is 1.14 bits per heavy atom. The highest BCUT2D eigenvalue weighted by molar-refractivity contribution is 7.89. The lowest BCUT2D eigenvalue weighted by Crippen LogP contribution is -2.38. The minimum absolute atomic E-state index is 0.235. The lowest BCUT2D eigenvalue weighted by molar-refractivity contribution is 0.0713. The van der Waals surface area contributed by atoms with E-state index in [9.17, 15) is 17.6 Å². The zero-order chi connectivity index (χ0) is 25.3. The fourth-order valence-corrected chi connectivity index (χ4v) is 5.38. The van der Waals surface area contributed by atoms with Crippen molar-refractivity contribution in [2.45, 2.75) is 37.6 Å². The molecular formula is C25H26ClFN4O3S. The van der Waals surface area contributed by atoms with Gasteiger partial charge in [-0.15, -0.1) is 0 Å². The van der Waals surface area contributed by atoms with Gasteiger partial charge >= 0.3 is 0 Å². The summed E-state index contributed by atoms with van der Waals surface area (Å²) in [6.45, 7) is 4.44. The van der Waals surface area contributed by atoms with Crippen LogP contribution in [0.2, 0.25) is 5.02 Å². The molecule has 0 unspecified atom stereocenters. The van der Waals surface area contributed by atoms with Crippen molar-refractivity contribution in [3.8, 4) is 0 Å². The van der Waals surface area contributed by atoms with E-state index in [1.807, 2.05) is 6.92 Å². The molecule has 1 saturated heterocycles. The number of piperidine rings is 1. The number of carbonyl (C=O) groups is 1. The first-order valence-electron chi connectivity index (χ1n) is 11.1. The summed E-state index contributed by atoms with van der Waals surface area (Å²) < 4.78 is 37.5. The zero-order valence-corrected chi connectivity index (χ0v) is 21.0. The van der Waals surface area contributed by atoms with Gasteiger partial charge in [-0.25, -0.2) is 22.9 Å². The van der Waals surface area contributed by atoms with Gasteiger partial charge in [-0.2, -0.15) is 0 Å². The minimum Gasteiger partial charge on any atom is -0.354 e. The van der Waals surface area contributed by atoms with Gasteiger partial charge < -0.3 is 10.2 Å². The second-order valence-electron chi connectivity index (χ2n) is 8.72. The van der Waals surface area contributed by atoms with Gasteiger partial charge in [0.15, 0.2) is 5.03 Å². The first-order valence-corrected chi connectivity index (χ1v) is 13.1. The molecule has 184 valence electrons. The number of hydrogen-bond acceptors (Lipinski definition) is 5. The Kier molecular flexibility index (Phi) is 7.12. The highest BCUT2D eigenvalue weighted by Crippen LogP contribution is 2.33. The third-order valence-corrected chi connectivity index (χ3v) is 7.53. The van der Waals surface area contributed by atoms with E-state index in [0.29, 0.717) is 29.5 Å². The van der Waals surface area contributed by atoms with Gasteiger partial charge in [0.1, 0.15) is 5.82 Å². The summed E-state index contributed by atoms with van der Waals surface area (Å²) in [5, 5.41) is 8.84. The maximum atomic E-state index is 13.5. The van der Waals surface area contributed by atoms with E-state index < -0.39 is 10.0 Å². The summed E-state index contributed by atoms with van der Waals surface area (Å²) in [7, 11) is -4.10. The predicted octanol–water partition coefficient (Wildman–Crippen LogP) is 4.90. The molecule has 7 nitrogen and oxygen atoms in total. The largest absolute Gasteiger partial charge is 0.354 e. The SMILES string of the molecule is Cc1cc(Cl)ccc1Nc1c(C(=O)N2CCC(c3ccc(F)cc3)CC2)cnc(S(N)(=O)=O)c1C. The monoisotopic (exact) mass is 516 g/mol. The second-order valence-corrected chi connectivity index (χ2v) is 10.6. The number of halogens is 2. The number of amides is 1. The van der Waals surface area contributed by atoms with Gasteiger partial charge in [0.05, 0.1) is 11.3 Å². The first-order chi connectivity index (χ1) is 16.5. The molecule has 0 atom stereocenters. The van der Waals surface area contributed by atoms with Gasteiger partial charge in [0.2, 0.25) is 0 Å². The summed E-state index contributed by atoms with van der Waals surface area (Å²) >= 11 is 6.07. The van der Waals surface area contributed by atoms with Crippen LogP contribution in [0.4, 0.5) is 15.8 Å². The van der Waals surface area contributed by atoms with E-state index in [4.69, 9.17) is 16.7 Å². The summed E-state index contributed by atoms with van der Waals surface area (Å²) in [6, 6.07) is 11.7. The Labute approximate surface area is 209 Å². The molecule has 0 aliphatic carbocycles. The normalized spacial score (nSPS) is 14.7. The standard InChI is InChI=1S/C25H26ClFN4O3S/c1-15-13-19(26)5-8-22(15)30-23-16(2)24(35(28,33)34)29-14-21(23)25(32)31-11-9-18(10-12-31)17-3-6-20(27)7-4-17/h3-8,13-14,18H,9-12H2,1-2H3,(H,29,30)(H2,28,33,34). The van der Waals surface area contributed by atoms with Crippen molar-refractivity contribution in [1.82, 2.24) is 9.88 Å². The topological polar surface area (TPSA) is 105 Å². The first kappa shape index (κ1) is 25.1. The Morgan fingerprint density at radius 3 is 2.40 bits per heavy atom. The summed E-state index contributed by atoms with van der Waals surface area (Å²) in [5.41, 5.74) is 3.39. The van der Waals surface area contributed by atoms with Crippen molar-refractivity contribution in [3.63, 3.8) is 0 Å². The quantitative estimate of drug-likeness (QED) is 0.501. The molecule has 10 heteroatoms. The molecule has 2 aromatic carbocycles. The maximum absolute atomic E-state index is 13.5. The third kappa shape index (κ3) is 5.47. The highest BCUT2D eigenvalue weighted by Gasteiger charge is 2.29.